The van der Waals surface area contributed by atoms with Gasteiger partial charge in [-0.2, -0.15) is 0 Å². The molecule has 5 heteroatoms. The Hall–Kier alpha value is -1.27. The molecular weight excluding hydrogens is 399 g/mol. The third-order valence-corrected chi connectivity index (χ3v) is 4.63. The molecule has 0 saturated carbocycles. The van der Waals surface area contributed by atoms with Crippen LogP contribution >= 0.6 is 34.2 Å². The average molecular weight is 415 g/mol. The fraction of sp³-hybridized carbons (Fsp3) is 0.188. The Labute approximate surface area is 143 Å². The molecule has 0 spiro atoms. The first-order valence-corrected chi connectivity index (χ1v) is 7.93. The van der Waals surface area contributed by atoms with Gasteiger partial charge in [0.1, 0.15) is 0 Å². The van der Waals surface area contributed by atoms with Gasteiger partial charge in [0.25, 0.3) is 5.91 Å². The van der Waals surface area contributed by atoms with Gasteiger partial charge >= 0.3 is 0 Å². The van der Waals surface area contributed by atoms with Crippen LogP contribution in [-0.2, 0) is 0 Å². The summed E-state index contributed by atoms with van der Waals surface area (Å²) in [6.45, 7) is 1.98. The molecule has 0 aliphatic carbocycles. The second-order valence-corrected chi connectivity index (χ2v) is 6.48. The van der Waals surface area contributed by atoms with Gasteiger partial charge in [-0.25, -0.2) is 0 Å². The summed E-state index contributed by atoms with van der Waals surface area (Å²) in [6.07, 6.45) is 0. The normalized spacial score (nSPS) is 12.0. The number of carbonyl (C=O) groups excluding carboxylic acids is 1. The molecule has 0 aromatic heterocycles. The smallest absolute Gasteiger partial charge is 0.255 e. The molecule has 0 aliphatic rings. The molecule has 1 amide bonds. The van der Waals surface area contributed by atoms with Crippen molar-refractivity contribution >= 4 is 45.8 Å². The average Bonchev–Trinajstić information content (AvgIpc) is 2.47. The van der Waals surface area contributed by atoms with Gasteiger partial charge in [-0.1, -0.05) is 23.7 Å². The third kappa shape index (κ3) is 3.68. The number of carbonyl (C=O) groups is 1. The SMILES string of the molecule is CC(c1cccc(N)c1)N(C)C(=O)c1cc(Cl)ccc1I. The van der Waals surface area contributed by atoms with Crippen LogP contribution in [0, 0.1) is 3.57 Å². The Morgan fingerprint density at radius 1 is 1.29 bits per heavy atom. The zero-order valence-electron chi connectivity index (χ0n) is 11.8. The topological polar surface area (TPSA) is 46.3 Å². The summed E-state index contributed by atoms with van der Waals surface area (Å²) in [4.78, 5) is 14.3. The van der Waals surface area contributed by atoms with Crippen LogP contribution in [0.4, 0.5) is 5.69 Å². The van der Waals surface area contributed by atoms with E-state index in [9.17, 15) is 4.79 Å². The van der Waals surface area contributed by atoms with Crippen molar-refractivity contribution in [3.8, 4) is 0 Å². The number of hydrogen-bond acceptors (Lipinski definition) is 2. The van der Waals surface area contributed by atoms with E-state index in [0.29, 0.717) is 16.3 Å². The largest absolute Gasteiger partial charge is 0.399 e. The first-order valence-electron chi connectivity index (χ1n) is 6.48. The fourth-order valence-corrected chi connectivity index (χ4v) is 2.81. The zero-order valence-corrected chi connectivity index (χ0v) is 14.7. The number of rotatable bonds is 3. The molecule has 1 atom stereocenters. The monoisotopic (exact) mass is 414 g/mol. The molecule has 3 nitrogen and oxygen atoms in total. The molecule has 0 aliphatic heterocycles. The van der Waals surface area contributed by atoms with Gasteiger partial charge in [0.05, 0.1) is 11.6 Å². The van der Waals surface area contributed by atoms with Crippen molar-refractivity contribution in [3.05, 3.63) is 62.2 Å². The van der Waals surface area contributed by atoms with E-state index in [1.165, 1.54) is 0 Å². The van der Waals surface area contributed by atoms with Crippen molar-refractivity contribution in [3.63, 3.8) is 0 Å². The van der Waals surface area contributed by atoms with Crippen molar-refractivity contribution in [1.82, 2.24) is 4.90 Å². The van der Waals surface area contributed by atoms with Gasteiger partial charge < -0.3 is 10.6 Å². The number of amides is 1. The Kier molecular flexibility index (Phi) is 5.11. The molecule has 0 radical (unpaired) electrons. The van der Waals surface area contributed by atoms with E-state index in [-0.39, 0.29) is 11.9 Å². The molecule has 21 heavy (non-hydrogen) atoms. The minimum absolute atomic E-state index is 0.0585. The predicted molar refractivity (Wildman–Crippen MR) is 95.5 cm³/mol. The van der Waals surface area contributed by atoms with E-state index in [2.05, 4.69) is 22.6 Å². The van der Waals surface area contributed by atoms with Crippen molar-refractivity contribution in [2.24, 2.45) is 0 Å². The molecule has 2 aromatic rings. The minimum Gasteiger partial charge on any atom is -0.399 e. The van der Waals surface area contributed by atoms with Crippen LogP contribution in [0.2, 0.25) is 5.02 Å². The first kappa shape index (κ1) is 16.1. The standard InChI is InChI=1S/C16H16ClIN2O/c1-10(11-4-3-5-13(19)8-11)20(2)16(21)14-9-12(17)6-7-15(14)18/h3-10H,19H2,1-2H3. The van der Waals surface area contributed by atoms with Crippen LogP contribution < -0.4 is 5.73 Å². The highest BCUT2D eigenvalue weighted by atomic mass is 127. The highest BCUT2D eigenvalue weighted by molar-refractivity contribution is 14.1. The van der Waals surface area contributed by atoms with E-state index < -0.39 is 0 Å². The van der Waals surface area contributed by atoms with Crippen LogP contribution in [0.25, 0.3) is 0 Å². The van der Waals surface area contributed by atoms with Crippen LogP contribution in [0.5, 0.6) is 0 Å². The van der Waals surface area contributed by atoms with Crippen molar-refractivity contribution < 1.29 is 4.79 Å². The van der Waals surface area contributed by atoms with Crippen LogP contribution in [-0.4, -0.2) is 17.9 Å². The number of benzene rings is 2. The Bertz CT molecular complexity index is 675. The molecule has 0 heterocycles. The lowest BCUT2D eigenvalue weighted by molar-refractivity contribution is 0.0741. The lowest BCUT2D eigenvalue weighted by Crippen LogP contribution is -2.30. The lowest BCUT2D eigenvalue weighted by Gasteiger charge is -2.26. The molecule has 0 bridgehead atoms. The molecule has 2 aromatic carbocycles. The third-order valence-electron chi connectivity index (χ3n) is 3.45. The van der Waals surface area contributed by atoms with E-state index >= 15 is 0 Å². The van der Waals surface area contributed by atoms with Crippen molar-refractivity contribution in [2.75, 3.05) is 12.8 Å². The number of nitrogens with two attached hydrogens (primary N) is 1. The quantitative estimate of drug-likeness (QED) is 0.599. The number of anilines is 1. The summed E-state index contributed by atoms with van der Waals surface area (Å²) in [5.74, 6) is -0.0585. The molecular formula is C16H16ClIN2O. The molecule has 1 unspecified atom stereocenters. The lowest BCUT2D eigenvalue weighted by atomic mass is 10.1. The van der Waals surface area contributed by atoms with Crippen LogP contribution in [0.1, 0.15) is 28.9 Å². The van der Waals surface area contributed by atoms with Gasteiger partial charge in [0, 0.05) is 21.3 Å². The Morgan fingerprint density at radius 3 is 2.67 bits per heavy atom. The van der Waals surface area contributed by atoms with E-state index in [1.54, 1.807) is 24.1 Å². The van der Waals surface area contributed by atoms with E-state index in [0.717, 1.165) is 9.13 Å². The van der Waals surface area contributed by atoms with Crippen LogP contribution in [0.15, 0.2) is 42.5 Å². The molecule has 2 N–H and O–H groups in total. The van der Waals surface area contributed by atoms with E-state index in [1.807, 2.05) is 37.3 Å². The Balaban J connectivity index is 2.28. The number of nitrogen functional groups attached to an aromatic ring is 1. The minimum atomic E-state index is -0.0734. The first-order chi connectivity index (χ1) is 9.90. The maximum absolute atomic E-state index is 12.6. The van der Waals surface area contributed by atoms with Gasteiger partial charge in [-0.05, 0) is 65.4 Å². The summed E-state index contributed by atoms with van der Waals surface area (Å²) < 4.78 is 0.883. The number of halogens is 2. The maximum atomic E-state index is 12.6. The molecule has 0 fully saturated rings. The summed E-state index contributed by atoms with van der Waals surface area (Å²) in [5, 5.41) is 0.559. The zero-order chi connectivity index (χ0) is 15.6. The summed E-state index contributed by atoms with van der Waals surface area (Å²) in [6, 6.07) is 12.8. The number of nitrogens with zero attached hydrogens (tertiary/aromatic N) is 1. The van der Waals surface area contributed by atoms with Gasteiger partial charge in [-0.15, -0.1) is 0 Å². The summed E-state index contributed by atoms with van der Waals surface area (Å²) in [5.41, 5.74) is 8.11. The van der Waals surface area contributed by atoms with Gasteiger partial charge in [0.2, 0.25) is 0 Å². The summed E-state index contributed by atoms with van der Waals surface area (Å²) >= 11 is 8.14. The van der Waals surface area contributed by atoms with Gasteiger partial charge in [-0.3, -0.25) is 4.79 Å². The molecule has 0 saturated heterocycles. The highest BCUT2D eigenvalue weighted by Crippen LogP contribution is 2.25. The number of hydrogen-bond donors (Lipinski definition) is 1. The predicted octanol–water partition coefficient (Wildman–Crippen LogP) is 4.36. The van der Waals surface area contributed by atoms with Crippen molar-refractivity contribution in [1.29, 1.82) is 0 Å². The second-order valence-electron chi connectivity index (χ2n) is 4.89. The van der Waals surface area contributed by atoms with Crippen molar-refractivity contribution in [2.45, 2.75) is 13.0 Å². The van der Waals surface area contributed by atoms with Gasteiger partial charge in [0.15, 0.2) is 0 Å². The highest BCUT2D eigenvalue weighted by Gasteiger charge is 2.21. The summed E-state index contributed by atoms with van der Waals surface area (Å²) in [7, 11) is 1.78. The molecule has 110 valence electrons. The second kappa shape index (κ2) is 6.66. The Morgan fingerprint density at radius 2 is 2.00 bits per heavy atom. The fourth-order valence-electron chi connectivity index (χ4n) is 2.07. The maximum Gasteiger partial charge on any atom is 0.255 e. The van der Waals surface area contributed by atoms with E-state index in [4.69, 9.17) is 17.3 Å². The van der Waals surface area contributed by atoms with Crippen LogP contribution in [0.3, 0.4) is 0 Å². The molecule has 2 rings (SSSR count).